The lowest BCUT2D eigenvalue weighted by atomic mass is 10.1. The summed E-state index contributed by atoms with van der Waals surface area (Å²) < 4.78 is 17.6. The van der Waals surface area contributed by atoms with E-state index in [1.165, 1.54) is 12.1 Å². The Labute approximate surface area is 91.4 Å². The first-order valence-electron chi connectivity index (χ1n) is 4.32. The number of rotatable bonds is 4. The number of ether oxygens (including phenoxy) is 1. The fourth-order valence-electron chi connectivity index (χ4n) is 1.11. The molecule has 0 spiro atoms. The van der Waals surface area contributed by atoms with Crippen molar-refractivity contribution in [3.05, 3.63) is 29.6 Å². The molecule has 0 amide bonds. The molecule has 3 nitrogen and oxygen atoms in total. The molecule has 0 unspecified atom stereocenters. The topological polar surface area (TPSA) is 46.5 Å². The molecule has 0 aromatic heterocycles. The highest BCUT2D eigenvalue weighted by Crippen LogP contribution is 2.16. The standard InChI is InChI=1S/C10H10ClFO3/c11-6-15-10(14)4-2-7-1-3-8(13)5-9(7)12/h1,3,5,13H,2,4,6H2. The summed E-state index contributed by atoms with van der Waals surface area (Å²) in [5.74, 6) is -1.15. The molecule has 0 radical (unpaired) electrons. The zero-order chi connectivity index (χ0) is 11.3. The van der Waals surface area contributed by atoms with Crippen molar-refractivity contribution >= 4 is 17.6 Å². The van der Waals surface area contributed by atoms with Gasteiger partial charge in [0.1, 0.15) is 11.6 Å². The molecular weight excluding hydrogens is 223 g/mol. The number of benzene rings is 1. The van der Waals surface area contributed by atoms with Crippen molar-refractivity contribution in [2.24, 2.45) is 0 Å². The van der Waals surface area contributed by atoms with Crippen LogP contribution in [0.1, 0.15) is 12.0 Å². The lowest BCUT2D eigenvalue weighted by Crippen LogP contribution is -2.05. The van der Waals surface area contributed by atoms with Gasteiger partial charge in [0.25, 0.3) is 0 Å². The van der Waals surface area contributed by atoms with Crippen LogP contribution in [0.2, 0.25) is 0 Å². The van der Waals surface area contributed by atoms with Crippen LogP contribution in [0.15, 0.2) is 18.2 Å². The summed E-state index contributed by atoms with van der Waals surface area (Å²) in [5, 5.41) is 8.95. The quantitative estimate of drug-likeness (QED) is 0.640. The Balaban J connectivity index is 2.54. The molecule has 0 aliphatic carbocycles. The number of halogens is 2. The molecule has 0 saturated heterocycles. The molecule has 0 aliphatic heterocycles. The van der Waals surface area contributed by atoms with Gasteiger partial charge in [-0.2, -0.15) is 0 Å². The number of hydrogen-bond acceptors (Lipinski definition) is 3. The number of carbonyl (C=O) groups is 1. The minimum atomic E-state index is -0.534. The maximum absolute atomic E-state index is 13.1. The number of phenolic OH excluding ortho intramolecular Hbond substituents is 1. The molecule has 1 aromatic carbocycles. The van der Waals surface area contributed by atoms with Crippen LogP contribution in [0.3, 0.4) is 0 Å². The first-order chi connectivity index (χ1) is 7.13. The minimum absolute atomic E-state index is 0.0639. The van der Waals surface area contributed by atoms with Crippen LogP contribution in [-0.2, 0) is 16.0 Å². The van der Waals surface area contributed by atoms with Crippen LogP contribution >= 0.6 is 11.6 Å². The Morgan fingerprint density at radius 2 is 2.27 bits per heavy atom. The molecule has 15 heavy (non-hydrogen) atoms. The van der Waals surface area contributed by atoms with E-state index in [0.29, 0.717) is 5.56 Å². The van der Waals surface area contributed by atoms with E-state index in [9.17, 15) is 9.18 Å². The lowest BCUT2D eigenvalue weighted by molar-refractivity contribution is -0.141. The van der Waals surface area contributed by atoms with Crippen molar-refractivity contribution < 1.29 is 19.0 Å². The maximum atomic E-state index is 13.1. The number of esters is 1. The number of hydrogen-bond donors (Lipinski definition) is 1. The second kappa shape index (κ2) is 5.56. The zero-order valence-electron chi connectivity index (χ0n) is 7.87. The van der Waals surface area contributed by atoms with Gasteiger partial charge in [-0.3, -0.25) is 4.79 Å². The fourth-order valence-corrected chi connectivity index (χ4v) is 1.23. The van der Waals surface area contributed by atoms with E-state index in [4.69, 9.17) is 16.7 Å². The highest BCUT2D eigenvalue weighted by Gasteiger charge is 2.07. The van der Waals surface area contributed by atoms with E-state index < -0.39 is 11.8 Å². The van der Waals surface area contributed by atoms with Gasteiger partial charge in [0.05, 0.1) is 0 Å². The molecule has 0 atom stereocenters. The van der Waals surface area contributed by atoms with Gasteiger partial charge in [-0.15, -0.1) is 0 Å². The molecule has 0 bridgehead atoms. The molecule has 0 saturated carbocycles. The van der Waals surface area contributed by atoms with Crippen molar-refractivity contribution in [1.82, 2.24) is 0 Å². The largest absolute Gasteiger partial charge is 0.508 e. The SMILES string of the molecule is O=C(CCc1ccc(O)cc1F)OCCl. The van der Waals surface area contributed by atoms with E-state index in [-0.39, 0.29) is 24.7 Å². The Kier molecular flexibility index (Phi) is 4.37. The summed E-state index contributed by atoms with van der Waals surface area (Å²) in [6.07, 6.45) is 0.288. The molecule has 1 rings (SSSR count). The predicted octanol–water partition coefficient (Wildman–Crippen LogP) is 2.20. The third-order valence-corrected chi connectivity index (χ3v) is 1.96. The van der Waals surface area contributed by atoms with E-state index >= 15 is 0 Å². The highest BCUT2D eigenvalue weighted by atomic mass is 35.5. The van der Waals surface area contributed by atoms with Crippen molar-refractivity contribution in [2.45, 2.75) is 12.8 Å². The second-order valence-electron chi connectivity index (χ2n) is 2.90. The smallest absolute Gasteiger partial charge is 0.307 e. The average Bonchev–Trinajstić information content (AvgIpc) is 2.17. The number of carbonyl (C=O) groups excluding carboxylic acids is 1. The van der Waals surface area contributed by atoms with E-state index in [0.717, 1.165) is 6.07 Å². The predicted molar refractivity (Wildman–Crippen MR) is 53.2 cm³/mol. The van der Waals surface area contributed by atoms with Crippen molar-refractivity contribution in [1.29, 1.82) is 0 Å². The summed E-state index contributed by atoms with van der Waals surface area (Å²) >= 11 is 5.18. The van der Waals surface area contributed by atoms with Crippen LogP contribution in [0.25, 0.3) is 0 Å². The molecule has 1 N–H and O–H groups in total. The van der Waals surface area contributed by atoms with Crippen LogP contribution in [0.4, 0.5) is 4.39 Å². The summed E-state index contributed by atoms with van der Waals surface area (Å²) in [4.78, 5) is 10.9. The minimum Gasteiger partial charge on any atom is -0.508 e. The van der Waals surface area contributed by atoms with Gasteiger partial charge >= 0.3 is 5.97 Å². The Morgan fingerprint density at radius 1 is 1.53 bits per heavy atom. The molecule has 0 fully saturated rings. The monoisotopic (exact) mass is 232 g/mol. The van der Waals surface area contributed by atoms with Crippen LogP contribution in [-0.4, -0.2) is 17.1 Å². The van der Waals surface area contributed by atoms with Crippen molar-refractivity contribution in [2.75, 3.05) is 6.07 Å². The normalized spacial score (nSPS) is 10.0. The first kappa shape index (κ1) is 11.8. The number of aromatic hydroxyl groups is 1. The number of alkyl halides is 1. The number of aryl methyl sites for hydroxylation is 1. The molecule has 1 aromatic rings. The van der Waals surface area contributed by atoms with E-state index in [1.807, 2.05) is 0 Å². The summed E-state index contributed by atoms with van der Waals surface area (Å²) in [7, 11) is 0. The van der Waals surface area contributed by atoms with Gasteiger partial charge < -0.3 is 9.84 Å². The molecular formula is C10H10ClFO3. The van der Waals surface area contributed by atoms with Crippen LogP contribution in [0, 0.1) is 5.82 Å². The zero-order valence-corrected chi connectivity index (χ0v) is 8.63. The van der Waals surface area contributed by atoms with Gasteiger partial charge in [0.2, 0.25) is 0 Å². The lowest BCUT2D eigenvalue weighted by Gasteiger charge is -2.03. The summed E-state index contributed by atoms with van der Waals surface area (Å²) in [6.45, 7) is 0. The van der Waals surface area contributed by atoms with Crippen molar-refractivity contribution in [3.8, 4) is 5.75 Å². The molecule has 5 heteroatoms. The van der Waals surface area contributed by atoms with Gasteiger partial charge in [-0.25, -0.2) is 4.39 Å². The van der Waals surface area contributed by atoms with Gasteiger partial charge in [0.15, 0.2) is 6.07 Å². The summed E-state index contributed by atoms with van der Waals surface area (Å²) in [6, 6.07) is 3.60. The van der Waals surface area contributed by atoms with Gasteiger partial charge in [-0.1, -0.05) is 17.7 Å². The Hall–Kier alpha value is -1.29. The first-order valence-corrected chi connectivity index (χ1v) is 4.86. The second-order valence-corrected chi connectivity index (χ2v) is 3.12. The molecule has 0 heterocycles. The Morgan fingerprint density at radius 3 is 2.87 bits per heavy atom. The molecule has 0 aliphatic rings. The molecule has 82 valence electrons. The highest BCUT2D eigenvalue weighted by molar-refractivity contribution is 6.17. The van der Waals surface area contributed by atoms with Crippen molar-refractivity contribution in [3.63, 3.8) is 0 Å². The fraction of sp³-hybridized carbons (Fsp3) is 0.300. The van der Waals surface area contributed by atoms with Crippen LogP contribution < -0.4 is 0 Å². The maximum Gasteiger partial charge on any atom is 0.307 e. The third-order valence-electron chi connectivity index (χ3n) is 1.85. The Bertz CT molecular complexity index is 355. The number of phenols is 1. The third kappa shape index (κ3) is 3.75. The summed E-state index contributed by atoms with van der Waals surface area (Å²) in [5.41, 5.74) is 0.360. The van der Waals surface area contributed by atoms with Crippen LogP contribution in [0.5, 0.6) is 5.75 Å². The van der Waals surface area contributed by atoms with Gasteiger partial charge in [-0.05, 0) is 18.1 Å². The van der Waals surface area contributed by atoms with E-state index in [2.05, 4.69) is 4.74 Å². The van der Waals surface area contributed by atoms with Gasteiger partial charge in [0, 0.05) is 12.5 Å². The van der Waals surface area contributed by atoms with E-state index in [1.54, 1.807) is 0 Å². The average molecular weight is 233 g/mol.